The van der Waals surface area contributed by atoms with Gasteiger partial charge < -0.3 is 10.8 Å². The number of nitrogens with two attached hydrogens (primary N) is 1. The van der Waals surface area contributed by atoms with Crippen molar-refractivity contribution in [3.63, 3.8) is 0 Å². The van der Waals surface area contributed by atoms with Crippen LogP contribution in [-0.2, 0) is 4.79 Å². The molecule has 3 N–H and O–H groups in total. The first kappa shape index (κ1) is 13.8. The second-order valence-electron chi connectivity index (χ2n) is 4.99. The second-order valence-corrected chi connectivity index (χ2v) is 6.40. The van der Waals surface area contributed by atoms with Gasteiger partial charge in [-0.3, -0.25) is 4.79 Å². The van der Waals surface area contributed by atoms with Crippen LogP contribution in [0.1, 0.15) is 39.5 Å². The van der Waals surface area contributed by atoms with Gasteiger partial charge in [0.1, 0.15) is 6.04 Å². The number of carbonyl (C=O) groups is 1. The summed E-state index contributed by atoms with van der Waals surface area (Å²) < 4.78 is 0. The van der Waals surface area contributed by atoms with Crippen LogP contribution in [0.15, 0.2) is 0 Å². The fourth-order valence-corrected chi connectivity index (χ4v) is 3.60. The van der Waals surface area contributed by atoms with E-state index in [0.29, 0.717) is 11.7 Å². The van der Waals surface area contributed by atoms with E-state index < -0.39 is 12.0 Å². The zero-order chi connectivity index (χ0) is 12.1. The lowest BCUT2D eigenvalue weighted by Gasteiger charge is -2.31. The van der Waals surface area contributed by atoms with Gasteiger partial charge >= 0.3 is 5.97 Å². The molecule has 1 fully saturated rings. The standard InChI is InChI=1S/C12H23NO2S/c1-8-3-4-10(7-9(8)2)16-6-5-11(13)12(14)15/h8-11H,3-7,13H2,1-2H3,(H,14,15). The molecule has 94 valence electrons. The molecule has 4 atom stereocenters. The molecule has 0 spiro atoms. The Morgan fingerprint density at radius 2 is 2.12 bits per heavy atom. The summed E-state index contributed by atoms with van der Waals surface area (Å²) in [6, 6.07) is -0.688. The molecule has 0 amide bonds. The third-order valence-corrected chi connectivity index (χ3v) is 5.02. The minimum Gasteiger partial charge on any atom is -0.480 e. The van der Waals surface area contributed by atoms with Crippen molar-refractivity contribution in [3.8, 4) is 0 Å². The molecular formula is C12H23NO2S. The normalized spacial score (nSPS) is 32.3. The number of thioether (sulfide) groups is 1. The fourth-order valence-electron chi connectivity index (χ4n) is 2.13. The van der Waals surface area contributed by atoms with E-state index in [-0.39, 0.29) is 0 Å². The smallest absolute Gasteiger partial charge is 0.320 e. The van der Waals surface area contributed by atoms with Crippen LogP contribution >= 0.6 is 11.8 Å². The van der Waals surface area contributed by atoms with Crippen molar-refractivity contribution < 1.29 is 9.90 Å². The van der Waals surface area contributed by atoms with Crippen LogP contribution in [0.4, 0.5) is 0 Å². The number of carboxylic acids is 1. The molecule has 1 aliphatic rings. The fraction of sp³-hybridized carbons (Fsp3) is 0.917. The van der Waals surface area contributed by atoms with Gasteiger partial charge in [-0.05, 0) is 43.3 Å². The van der Waals surface area contributed by atoms with Crippen molar-refractivity contribution in [2.24, 2.45) is 17.6 Å². The summed E-state index contributed by atoms with van der Waals surface area (Å²) in [5.74, 6) is 1.64. The van der Waals surface area contributed by atoms with Crippen LogP contribution in [-0.4, -0.2) is 28.1 Å². The third-order valence-electron chi connectivity index (χ3n) is 3.65. The lowest BCUT2D eigenvalue weighted by atomic mass is 9.81. The predicted molar refractivity (Wildman–Crippen MR) is 68.7 cm³/mol. The van der Waals surface area contributed by atoms with Crippen LogP contribution in [0.3, 0.4) is 0 Å². The highest BCUT2D eigenvalue weighted by Crippen LogP contribution is 2.35. The minimum absolute atomic E-state index is 0.584. The topological polar surface area (TPSA) is 63.3 Å². The molecular weight excluding hydrogens is 222 g/mol. The SMILES string of the molecule is CC1CCC(SCCC(N)C(=O)O)CC1C. The summed E-state index contributed by atoms with van der Waals surface area (Å²) >= 11 is 1.91. The zero-order valence-electron chi connectivity index (χ0n) is 10.2. The van der Waals surface area contributed by atoms with Gasteiger partial charge in [0, 0.05) is 5.25 Å². The van der Waals surface area contributed by atoms with E-state index in [1.807, 2.05) is 11.8 Å². The molecule has 0 aliphatic heterocycles. The molecule has 0 saturated heterocycles. The van der Waals surface area contributed by atoms with Gasteiger partial charge in [0.25, 0.3) is 0 Å². The maximum Gasteiger partial charge on any atom is 0.320 e. The Labute approximate surface area is 102 Å². The van der Waals surface area contributed by atoms with E-state index in [0.717, 1.165) is 17.6 Å². The van der Waals surface area contributed by atoms with Gasteiger partial charge in [-0.1, -0.05) is 13.8 Å². The average molecular weight is 245 g/mol. The Bertz CT molecular complexity index is 235. The van der Waals surface area contributed by atoms with Crippen molar-refractivity contribution >= 4 is 17.7 Å². The van der Waals surface area contributed by atoms with E-state index in [1.54, 1.807) is 0 Å². The number of hydrogen-bond donors (Lipinski definition) is 2. The van der Waals surface area contributed by atoms with Gasteiger partial charge in [0.2, 0.25) is 0 Å². The number of aliphatic carboxylic acids is 1. The van der Waals surface area contributed by atoms with Crippen LogP contribution in [0.2, 0.25) is 0 Å². The van der Waals surface area contributed by atoms with Crippen molar-refractivity contribution in [2.75, 3.05) is 5.75 Å². The molecule has 0 aromatic carbocycles. The minimum atomic E-state index is -0.883. The summed E-state index contributed by atoms with van der Waals surface area (Å²) in [5.41, 5.74) is 5.47. The van der Waals surface area contributed by atoms with Gasteiger partial charge in [0.05, 0.1) is 0 Å². The lowest BCUT2D eigenvalue weighted by Crippen LogP contribution is -2.31. The Hall–Kier alpha value is -0.220. The van der Waals surface area contributed by atoms with Gasteiger partial charge in [0.15, 0.2) is 0 Å². The zero-order valence-corrected chi connectivity index (χ0v) is 11.0. The molecule has 16 heavy (non-hydrogen) atoms. The van der Waals surface area contributed by atoms with E-state index in [4.69, 9.17) is 10.8 Å². The third kappa shape index (κ3) is 4.34. The molecule has 1 rings (SSSR count). The summed E-state index contributed by atoms with van der Waals surface area (Å²) in [6.07, 6.45) is 4.44. The van der Waals surface area contributed by atoms with Gasteiger partial charge in [-0.2, -0.15) is 11.8 Å². The lowest BCUT2D eigenvalue weighted by molar-refractivity contribution is -0.138. The summed E-state index contributed by atoms with van der Waals surface area (Å²) in [4.78, 5) is 10.5. The number of rotatable bonds is 5. The van der Waals surface area contributed by atoms with Crippen molar-refractivity contribution in [1.82, 2.24) is 0 Å². The molecule has 1 saturated carbocycles. The van der Waals surface area contributed by atoms with Crippen molar-refractivity contribution in [3.05, 3.63) is 0 Å². The molecule has 0 aromatic heterocycles. The second kappa shape index (κ2) is 6.50. The molecule has 1 aliphatic carbocycles. The van der Waals surface area contributed by atoms with Crippen molar-refractivity contribution in [2.45, 2.75) is 50.8 Å². The molecule has 3 nitrogen and oxygen atoms in total. The highest BCUT2D eigenvalue weighted by molar-refractivity contribution is 7.99. The highest BCUT2D eigenvalue weighted by atomic mass is 32.2. The molecule has 0 bridgehead atoms. The van der Waals surface area contributed by atoms with E-state index in [2.05, 4.69) is 13.8 Å². The van der Waals surface area contributed by atoms with Gasteiger partial charge in [-0.15, -0.1) is 0 Å². The van der Waals surface area contributed by atoms with E-state index in [9.17, 15) is 4.79 Å². The van der Waals surface area contributed by atoms with Crippen molar-refractivity contribution in [1.29, 1.82) is 0 Å². The van der Waals surface area contributed by atoms with Crippen LogP contribution < -0.4 is 5.73 Å². The summed E-state index contributed by atoms with van der Waals surface area (Å²) in [6.45, 7) is 4.65. The molecule has 0 aromatic rings. The monoisotopic (exact) mass is 245 g/mol. The molecule has 0 radical (unpaired) electrons. The number of carboxylic acid groups (broad SMARTS) is 1. The summed E-state index contributed by atoms with van der Waals surface area (Å²) in [5, 5.41) is 9.38. The van der Waals surface area contributed by atoms with Crippen LogP contribution in [0.5, 0.6) is 0 Å². The maximum atomic E-state index is 10.5. The quantitative estimate of drug-likeness (QED) is 0.780. The molecule has 4 heteroatoms. The largest absolute Gasteiger partial charge is 0.480 e. The first-order chi connectivity index (χ1) is 7.50. The van der Waals surface area contributed by atoms with Crippen LogP contribution in [0, 0.1) is 11.8 Å². The van der Waals surface area contributed by atoms with Gasteiger partial charge in [-0.25, -0.2) is 0 Å². The molecule has 0 heterocycles. The maximum absolute atomic E-state index is 10.5. The first-order valence-corrected chi connectivity index (χ1v) is 7.15. The Balaban J connectivity index is 2.16. The predicted octanol–water partition coefficient (Wildman–Crippen LogP) is 2.35. The first-order valence-electron chi connectivity index (χ1n) is 6.10. The Morgan fingerprint density at radius 1 is 1.44 bits per heavy atom. The van der Waals surface area contributed by atoms with Crippen LogP contribution in [0.25, 0.3) is 0 Å². The van der Waals surface area contributed by atoms with E-state index >= 15 is 0 Å². The number of hydrogen-bond acceptors (Lipinski definition) is 3. The Morgan fingerprint density at radius 3 is 2.69 bits per heavy atom. The Kier molecular flexibility index (Phi) is 5.62. The summed E-state index contributed by atoms with van der Waals surface area (Å²) in [7, 11) is 0. The average Bonchev–Trinajstić information content (AvgIpc) is 2.23. The molecule has 4 unspecified atom stereocenters. The highest BCUT2D eigenvalue weighted by Gasteiger charge is 2.24. The van der Waals surface area contributed by atoms with E-state index in [1.165, 1.54) is 19.3 Å².